The van der Waals surface area contributed by atoms with Crippen molar-refractivity contribution in [1.29, 1.82) is 0 Å². The van der Waals surface area contributed by atoms with Gasteiger partial charge in [-0.2, -0.15) is 0 Å². The number of hydrogen-bond donors (Lipinski definition) is 0. The average Bonchev–Trinajstić information content (AvgIpc) is 2.06. The zero-order valence-electron chi connectivity index (χ0n) is 5.77. The molecular formula is C8H6N2O. The van der Waals surface area contributed by atoms with Crippen LogP contribution in [0, 0.1) is 0 Å². The fraction of sp³-hybridized carbons (Fsp3) is 0. The fourth-order valence-electron chi connectivity index (χ4n) is 1.00. The maximum atomic E-state index is 11.1. The third-order valence-corrected chi connectivity index (χ3v) is 1.53. The maximum absolute atomic E-state index is 11.1. The summed E-state index contributed by atoms with van der Waals surface area (Å²) in [5.74, 6) is 0. The van der Waals surface area contributed by atoms with E-state index in [1.807, 2.05) is 6.07 Å². The number of fused-ring (bicyclic) bond motifs is 1. The lowest BCUT2D eigenvalue weighted by Gasteiger charge is -1.95. The Bertz CT molecular complexity index is 428. The minimum atomic E-state index is -0.0457. The highest BCUT2D eigenvalue weighted by molar-refractivity contribution is 5.44. The van der Waals surface area contributed by atoms with Crippen LogP contribution in [0.3, 0.4) is 0 Å². The molecule has 2 heterocycles. The molecule has 0 aliphatic heterocycles. The van der Waals surface area contributed by atoms with Crippen LogP contribution in [-0.4, -0.2) is 9.38 Å². The first-order chi connectivity index (χ1) is 5.38. The summed E-state index contributed by atoms with van der Waals surface area (Å²) in [5.41, 5.74) is 0.822. The van der Waals surface area contributed by atoms with Crippen LogP contribution in [0.15, 0.2) is 41.6 Å². The highest BCUT2D eigenvalue weighted by atomic mass is 16.1. The third kappa shape index (κ3) is 0.902. The molecule has 0 aromatic carbocycles. The van der Waals surface area contributed by atoms with Crippen molar-refractivity contribution >= 4 is 5.52 Å². The first-order valence-electron chi connectivity index (χ1n) is 3.29. The summed E-state index contributed by atoms with van der Waals surface area (Å²) in [7, 11) is 0. The Balaban J connectivity index is 3.03. The Morgan fingerprint density at radius 3 is 3.00 bits per heavy atom. The summed E-state index contributed by atoms with van der Waals surface area (Å²) in [4.78, 5) is 14.9. The molecule has 0 bridgehead atoms. The van der Waals surface area contributed by atoms with Gasteiger partial charge in [0.2, 0.25) is 0 Å². The lowest BCUT2D eigenvalue weighted by Crippen LogP contribution is -2.10. The molecule has 0 fully saturated rings. The van der Waals surface area contributed by atoms with Gasteiger partial charge in [-0.1, -0.05) is 6.07 Å². The van der Waals surface area contributed by atoms with Gasteiger partial charge < -0.3 is 0 Å². The summed E-state index contributed by atoms with van der Waals surface area (Å²) >= 11 is 0. The van der Waals surface area contributed by atoms with Crippen molar-refractivity contribution in [2.24, 2.45) is 0 Å². The van der Waals surface area contributed by atoms with E-state index in [0.717, 1.165) is 5.52 Å². The molecule has 0 aliphatic carbocycles. The van der Waals surface area contributed by atoms with Crippen LogP contribution >= 0.6 is 0 Å². The largest absolute Gasteiger partial charge is 0.269 e. The lowest BCUT2D eigenvalue weighted by molar-refractivity contribution is 1.03. The van der Waals surface area contributed by atoms with E-state index in [1.54, 1.807) is 18.3 Å². The molecule has 0 saturated heterocycles. The molecule has 11 heavy (non-hydrogen) atoms. The van der Waals surface area contributed by atoms with Crippen molar-refractivity contribution in [3.05, 3.63) is 47.1 Å². The highest BCUT2D eigenvalue weighted by Crippen LogP contribution is 1.94. The highest BCUT2D eigenvalue weighted by Gasteiger charge is 1.90. The van der Waals surface area contributed by atoms with E-state index in [1.165, 1.54) is 16.8 Å². The summed E-state index contributed by atoms with van der Waals surface area (Å²) in [6, 6.07) is 6.90. The predicted octanol–water partition coefficient (Wildman–Crippen LogP) is 0.694. The van der Waals surface area contributed by atoms with Crippen LogP contribution in [0.4, 0.5) is 0 Å². The molecule has 54 valence electrons. The number of nitrogens with zero attached hydrogens (tertiary/aromatic N) is 2. The molecule has 3 nitrogen and oxygen atoms in total. The number of aromatic nitrogens is 2. The topological polar surface area (TPSA) is 34.4 Å². The van der Waals surface area contributed by atoms with E-state index in [4.69, 9.17) is 0 Å². The smallest absolute Gasteiger partial charge is 0.256 e. The van der Waals surface area contributed by atoms with Crippen molar-refractivity contribution in [2.75, 3.05) is 0 Å². The van der Waals surface area contributed by atoms with Gasteiger partial charge in [-0.3, -0.25) is 9.20 Å². The van der Waals surface area contributed by atoms with Gasteiger partial charge in [-0.15, -0.1) is 0 Å². The Morgan fingerprint density at radius 1 is 1.27 bits per heavy atom. The first kappa shape index (κ1) is 6.09. The quantitative estimate of drug-likeness (QED) is 0.548. The lowest BCUT2D eigenvalue weighted by atomic mass is 10.4. The zero-order chi connectivity index (χ0) is 7.68. The van der Waals surface area contributed by atoms with Gasteiger partial charge in [-0.05, 0) is 12.1 Å². The maximum Gasteiger partial charge on any atom is 0.256 e. The Labute approximate surface area is 62.9 Å². The predicted molar refractivity (Wildman–Crippen MR) is 41.5 cm³/mol. The molecule has 2 aromatic heterocycles. The normalized spacial score (nSPS) is 10.2. The molecule has 0 unspecified atom stereocenters. The molecule has 0 spiro atoms. The summed E-state index contributed by atoms with van der Waals surface area (Å²) in [5, 5.41) is 0. The first-order valence-corrected chi connectivity index (χ1v) is 3.29. The van der Waals surface area contributed by atoms with Gasteiger partial charge in [-0.25, -0.2) is 4.98 Å². The molecule has 0 N–H and O–H groups in total. The molecule has 0 saturated carbocycles. The van der Waals surface area contributed by atoms with Crippen LogP contribution in [0.5, 0.6) is 0 Å². The van der Waals surface area contributed by atoms with Gasteiger partial charge in [0.05, 0.1) is 5.52 Å². The number of pyridine rings is 1. The molecule has 0 aliphatic rings. The van der Waals surface area contributed by atoms with E-state index < -0.39 is 0 Å². The van der Waals surface area contributed by atoms with Crippen molar-refractivity contribution in [1.82, 2.24) is 9.38 Å². The summed E-state index contributed by atoms with van der Waals surface area (Å²) < 4.78 is 1.50. The molecule has 0 radical (unpaired) electrons. The SMILES string of the molecule is O=c1cccc2ccncn12. The van der Waals surface area contributed by atoms with E-state index in [-0.39, 0.29) is 5.56 Å². The molecular weight excluding hydrogens is 140 g/mol. The van der Waals surface area contributed by atoms with Gasteiger partial charge in [0, 0.05) is 12.3 Å². The molecule has 2 rings (SSSR count). The average molecular weight is 146 g/mol. The monoisotopic (exact) mass is 146 g/mol. The minimum Gasteiger partial charge on any atom is -0.269 e. The minimum absolute atomic E-state index is 0.0457. The van der Waals surface area contributed by atoms with Crippen molar-refractivity contribution < 1.29 is 0 Å². The van der Waals surface area contributed by atoms with Crippen LogP contribution in [0.1, 0.15) is 0 Å². The summed E-state index contributed by atoms with van der Waals surface area (Å²) in [6.07, 6.45) is 3.17. The molecule has 0 atom stereocenters. The van der Waals surface area contributed by atoms with Crippen LogP contribution in [0.2, 0.25) is 0 Å². The Kier molecular flexibility index (Phi) is 1.22. The van der Waals surface area contributed by atoms with Gasteiger partial charge in [0.25, 0.3) is 5.56 Å². The molecule has 3 heteroatoms. The van der Waals surface area contributed by atoms with Gasteiger partial charge in [0.15, 0.2) is 0 Å². The van der Waals surface area contributed by atoms with E-state index in [0.29, 0.717) is 0 Å². The van der Waals surface area contributed by atoms with Crippen molar-refractivity contribution in [3.8, 4) is 0 Å². The van der Waals surface area contributed by atoms with E-state index >= 15 is 0 Å². The second-order valence-corrected chi connectivity index (χ2v) is 2.24. The van der Waals surface area contributed by atoms with Crippen molar-refractivity contribution in [3.63, 3.8) is 0 Å². The van der Waals surface area contributed by atoms with E-state index in [9.17, 15) is 4.79 Å². The van der Waals surface area contributed by atoms with Gasteiger partial charge >= 0.3 is 0 Å². The molecule has 2 aromatic rings. The molecule has 0 amide bonds. The van der Waals surface area contributed by atoms with Crippen LogP contribution < -0.4 is 5.56 Å². The van der Waals surface area contributed by atoms with Crippen LogP contribution in [0.25, 0.3) is 5.52 Å². The second-order valence-electron chi connectivity index (χ2n) is 2.24. The Morgan fingerprint density at radius 2 is 2.18 bits per heavy atom. The van der Waals surface area contributed by atoms with Crippen molar-refractivity contribution in [2.45, 2.75) is 0 Å². The standard InChI is InChI=1S/C8H6N2O/c11-8-3-1-2-7-4-5-9-6-10(7)8/h1-6H. The third-order valence-electron chi connectivity index (χ3n) is 1.53. The zero-order valence-corrected chi connectivity index (χ0v) is 5.77. The number of hydrogen-bond acceptors (Lipinski definition) is 2. The van der Waals surface area contributed by atoms with E-state index in [2.05, 4.69) is 4.98 Å². The second kappa shape index (κ2) is 2.20. The number of rotatable bonds is 0. The van der Waals surface area contributed by atoms with Gasteiger partial charge in [0.1, 0.15) is 6.33 Å². The fourth-order valence-corrected chi connectivity index (χ4v) is 1.00. The Hall–Kier alpha value is -1.64. The summed E-state index contributed by atoms with van der Waals surface area (Å²) in [6.45, 7) is 0. The van der Waals surface area contributed by atoms with Crippen LogP contribution in [-0.2, 0) is 0 Å².